The van der Waals surface area contributed by atoms with Crippen LogP contribution in [0.4, 0.5) is 4.79 Å². The second-order valence-corrected chi connectivity index (χ2v) is 2.05. The molecule has 0 aliphatic rings. The van der Waals surface area contributed by atoms with Gasteiger partial charge in [-0.1, -0.05) is 0 Å². The average Bonchev–Trinajstić information content (AvgIpc) is 2.03. The van der Waals surface area contributed by atoms with Crippen molar-refractivity contribution < 1.29 is 9.63 Å². The number of hydroxylamine groups is 2. The first-order valence-corrected chi connectivity index (χ1v) is 3.48. The molecule has 0 atom stereocenters. The molecule has 0 unspecified atom stereocenters. The third-order valence-electron chi connectivity index (χ3n) is 1.22. The van der Waals surface area contributed by atoms with Crippen molar-refractivity contribution in [2.75, 3.05) is 27.2 Å². The Morgan fingerprint density at radius 2 is 2.36 bits per heavy atom. The van der Waals surface area contributed by atoms with Gasteiger partial charge in [-0.05, 0) is 13.0 Å². The number of amides is 2. The fourth-order valence-corrected chi connectivity index (χ4v) is 0.492. The molecule has 0 aliphatic carbocycles. The van der Waals surface area contributed by atoms with E-state index in [1.54, 1.807) is 0 Å². The molecule has 0 spiro atoms. The van der Waals surface area contributed by atoms with Crippen LogP contribution in [0.2, 0.25) is 0 Å². The lowest BCUT2D eigenvalue weighted by atomic mass is 10.4. The van der Waals surface area contributed by atoms with Crippen LogP contribution in [0.1, 0.15) is 6.42 Å². The zero-order valence-electron chi connectivity index (χ0n) is 6.96. The van der Waals surface area contributed by atoms with E-state index in [4.69, 9.17) is 5.73 Å². The van der Waals surface area contributed by atoms with Gasteiger partial charge in [-0.25, -0.2) is 9.86 Å². The summed E-state index contributed by atoms with van der Waals surface area (Å²) >= 11 is 0. The highest BCUT2D eigenvalue weighted by molar-refractivity contribution is 5.72. The fourth-order valence-electron chi connectivity index (χ4n) is 0.492. The van der Waals surface area contributed by atoms with Crippen LogP contribution < -0.4 is 11.1 Å². The number of hydrogen-bond donors (Lipinski definition) is 2. The quantitative estimate of drug-likeness (QED) is 0.433. The SMILES string of the molecule is CON(C)C(=O)NCCCN. The molecule has 5 heteroatoms. The van der Waals surface area contributed by atoms with Crippen LogP contribution in [-0.4, -0.2) is 38.3 Å². The van der Waals surface area contributed by atoms with Crippen molar-refractivity contribution in [3.63, 3.8) is 0 Å². The molecule has 0 saturated heterocycles. The number of urea groups is 1. The standard InChI is InChI=1S/C6H15N3O2/c1-9(11-2)6(10)8-5-3-4-7/h3-5,7H2,1-2H3,(H,8,10). The number of nitrogens with zero attached hydrogens (tertiary/aromatic N) is 1. The summed E-state index contributed by atoms with van der Waals surface area (Å²) in [4.78, 5) is 15.5. The summed E-state index contributed by atoms with van der Waals surface area (Å²) in [5.41, 5.74) is 5.23. The lowest BCUT2D eigenvalue weighted by molar-refractivity contribution is -0.0647. The van der Waals surface area contributed by atoms with Crippen molar-refractivity contribution in [3.8, 4) is 0 Å². The molecule has 0 aliphatic heterocycles. The highest BCUT2D eigenvalue weighted by Crippen LogP contribution is 1.82. The summed E-state index contributed by atoms with van der Waals surface area (Å²) < 4.78 is 0. The van der Waals surface area contributed by atoms with Gasteiger partial charge in [0.05, 0.1) is 7.11 Å². The largest absolute Gasteiger partial charge is 0.341 e. The Hall–Kier alpha value is -0.810. The van der Waals surface area contributed by atoms with Gasteiger partial charge in [0.1, 0.15) is 0 Å². The Morgan fingerprint density at radius 3 is 2.82 bits per heavy atom. The molecule has 0 aromatic heterocycles. The molecular weight excluding hydrogens is 146 g/mol. The van der Waals surface area contributed by atoms with Gasteiger partial charge in [-0.15, -0.1) is 0 Å². The average molecular weight is 161 g/mol. The molecule has 66 valence electrons. The van der Waals surface area contributed by atoms with Gasteiger partial charge in [-0.2, -0.15) is 0 Å². The number of carbonyl (C=O) groups excluding carboxylic acids is 1. The van der Waals surface area contributed by atoms with Crippen LogP contribution in [0.15, 0.2) is 0 Å². The number of carbonyl (C=O) groups is 1. The summed E-state index contributed by atoms with van der Waals surface area (Å²) in [6.45, 7) is 1.17. The summed E-state index contributed by atoms with van der Waals surface area (Å²) in [6, 6.07) is -0.249. The van der Waals surface area contributed by atoms with Crippen LogP contribution in [0.25, 0.3) is 0 Å². The third kappa shape index (κ3) is 4.58. The topological polar surface area (TPSA) is 67.6 Å². The molecule has 0 fully saturated rings. The van der Waals surface area contributed by atoms with E-state index >= 15 is 0 Å². The molecule has 2 amide bonds. The predicted octanol–water partition coefficient (Wildman–Crippen LogP) is -0.462. The maximum atomic E-state index is 10.9. The van der Waals surface area contributed by atoms with Gasteiger partial charge in [0, 0.05) is 13.6 Å². The van der Waals surface area contributed by atoms with Crippen LogP contribution in [0, 0.1) is 0 Å². The first kappa shape index (κ1) is 10.2. The van der Waals surface area contributed by atoms with Crippen molar-refractivity contribution in [3.05, 3.63) is 0 Å². The minimum Gasteiger partial charge on any atom is -0.336 e. The lowest BCUT2D eigenvalue weighted by Gasteiger charge is -2.13. The second kappa shape index (κ2) is 5.94. The van der Waals surface area contributed by atoms with E-state index < -0.39 is 0 Å². The molecule has 3 N–H and O–H groups in total. The fraction of sp³-hybridized carbons (Fsp3) is 0.833. The number of nitrogens with one attached hydrogen (secondary N) is 1. The zero-order chi connectivity index (χ0) is 8.69. The van der Waals surface area contributed by atoms with E-state index in [2.05, 4.69) is 10.2 Å². The van der Waals surface area contributed by atoms with E-state index in [1.807, 2.05) is 0 Å². The van der Waals surface area contributed by atoms with Crippen LogP contribution in [0.5, 0.6) is 0 Å². The lowest BCUT2D eigenvalue weighted by Crippen LogP contribution is -2.37. The van der Waals surface area contributed by atoms with E-state index in [0.717, 1.165) is 11.5 Å². The van der Waals surface area contributed by atoms with Crippen molar-refractivity contribution in [2.45, 2.75) is 6.42 Å². The molecule has 0 bridgehead atoms. The van der Waals surface area contributed by atoms with Gasteiger partial charge >= 0.3 is 6.03 Å². The van der Waals surface area contributed by atoms with Gasteiger partial charge in [0.2, 0.25) is 0 Å². The Kier molecular flexibility index (Phi) is 5.50. The molecule has 0 heterocycles. The van der Waals surface area contributed by atoms with Crippen molar-refractivity contribution in [2.24, 2.45) is 5.73 Å². The Morgan fingerprint density at radius 1 is 1.73 bits per heavy atom. The first-order valence-electron chi connectivity index (χ1n) is 3.48. The molecule has 11 heavy (non-hydrogen) atoms. The van der Waals surface area contributed by atoms with Crippen molar-refractivity contribution in [1.82, 2.24) is 10.4 Å². The van der Waals surface area contributed by atoms with Gasteiger partial charge in [0.25, 0.3) is 0 Å². The summed E-state index contributed by atoms with van der Waals surface area (Å²) in [5.74, 6) is 0. The molecular formula is C6H15N3O2. The highest BCUT2D eigenvalue weighted by Gasteiger charge is 2.04. The van der Waals surface area contributed by atoms with Gasteiger partial charge in [-0.3, -0.25) is 4.84 Å². The van der Waals surface area contributed by atoms with Gasteiger partial charge in [0.15, 0.2) is 0 Å². The van der Waals surface area contributed by atoms with Gasteiger partial charge < -0.3 is 11.1 Å². The molecule has 0 aromatic rings. The molecule has 5 nitrogen and oxygen atoms in total. The third-order valence-corrected chi connectivity index (χ3v) is 1.22. The van der Waals surface area contributed by atoms with E-state index in [9.17, 15) is 4.79 Å². The van der Waals surface area contributed by atoms with E-state index in [1.165, 1.54) is 14.2 Å². The van der Waals surface area contributed by atoms with Crippen molar-refractivity contribution >= 4 is 6.03 Å². The molecule has 0 saturated carbocycles. The molecule has 0 rings (SSSR count). The van der Waals surface area contributed by atoms with Crippen LogP contribution >= 0.6 is 0 Å². The van der Waals surface area contributed by atoms with Crippen LogP contribution in [0.3, 0.4) is 0 Å². The number of hydrogen-bond acceptors (Lipinski definition) is 3. The monoisotopic (exact) mass is 161 g/mol. The Labute approximate surface area is 66.4 Å². The minimum atomic E-state index is -0.249. The zero-order valence-corrected chi connectivity index (χ0v) is 6.96. The molecule has 0 aromatic carbocycles. The maximum absolute atomic E-state index is 10.9. The summed E-state index contributed by atoms with van der Waals surface area (Å²) in [5, 5.41) is 3.74. The first-order chi connectivity index (χ1) is 5.22. The van der Waals surface area contributed by atoms with Crippen molar-refractivity contribution in [1.29, 1.82) is 0 Å². The number of rotatable bonds is 4. The highest BCUT2D eigenvalue weighted by atomic mass is 16.7. The van der Waals surface area contributed by atoms with E-state index in [-0.39, 0.29) is 6.03 Å². The smallest absolute Gasteiger partial charge is 0.336 e. The maximum Gasteiger partial charge on any atom is 0.341 e. The Bertz CT molecular complexity index is 118. The van der Waals surface area contributed by atoms with Crippen LogP contribution in [-0.2, 0) is 4.84 Å². The van der Waals surface area contributed by atoms with E-state index in [0.29, 0.717) is 13.1 Å². The minimum absolute atomic E-state index is 0.249. The summed E-state index contributed by atoms with van der Waals surface area (Å²) in [6.07, 6.45) is 0.781. The Balaban J connectivity index is 3.36. The number of nitrogens with two attached hydrogens (primary N) is 1. The predicted molar refractivity (Wildman–Crippen MR) is 41.8 cm³/mol. The summed E-state index contributed by atoms with van der Waals surface area (Å²) in [7, 11) is 2.97. The molecule has 0 radical (unpaired) electrons. The second-order valence-electron chi connectivity index (χ2n) is 2.05. The normalized spacial score (nSPS) is 9.36.